The summed E-state index contributed by atoms with van der Waals surface area (Å²) in [6, 6.07) is 10.6. The van der Waals surface area contributed by atoms with E-state index in [2.05, 4.69) is 70.3 Å². The van der Waals surface area contributed by atoms with Gasteiger partial charge in [0, 0.05) is 24.9 Å². The van der Waals surface area contributed by atoms with Gasteiger partial charge in [0.05, 0.1) is 0 Å². The molecular formula is C28H44O4Si. The average Bonchev–Trinajstić information content (AvgIpc) is 3.08. The lowest BCUT2D eigenvalue weighted by atomic mass is 9.90. The predicted molar refractivity (Wildman–Crippen MR) is 138 cm³/mol. The Kier molecular flexibility index (Phi) is 10.6. The minimum absolute atomic E-state index is 0.0507. The van der Waals surface area contributed by atoms with Gasteiger partial charge in [-0.1, -0.05) is 82.0 Å². The van der Waals surface area contributed by atoms with Crippen LogP contribution in [0.25, 0.3) is 0 Å². The van der Waals surface area contributed by atoms with E-state index >= 15 is 0 Å². The number of aliphatic carboxylic acids is 1. The molecule has 0 saturated carbocycles. The third kappa shape index (κ3) is 9.21. The van der Waals surface area contributed by atoms with E-state index in [0.717, 1.165) is 51.4 Å². The van der Waals surface area contributed by atoms with Crippen molar-refractivity contribution in [1.29, 1.82) is 0 Å². The molecule has 0 spiro atoms. The van der Waals surface area contributed by atoms with Crippen molar-refractivity contribution in [3.63, 3.8) is 0 Å². The Balaban J connectivity index is 1.95. The number of Topliss-reactive ketones (excluding diaryl/α,β-unsaturated/α-hetero) is 1. The lowest BCUT2D eigenvalue weighted by Crippen LogP contribution is -2.44. The van der Waals surface area contributed by atoms with Gasteiger partial charge in [-0.15, -0.1) is 0 Å². The maximum atomic E-state index is 12.5. The topological polar surface area (TPSA) is 63.6 Å². The highest BCUT2D eigenvalue weighted by molar-refractivity contribution is 6.74. The molecule has 0 aliphatic heterocycles. The summed E-state index contributed by atoms with van der Waals surface area (Å²) in [5, 5.41) is 8.92. The van der Waals surface area contributed by atoms with Crippen LogP contribution >= 0.6 is 0 Å². The summed E-state index contributed by atoms with van der Waals surface area (Å²) < 4.78 is 6.85. The van der Waals surface area contributed by atoms with Crippen molar-refractivity contribution in [3.8, 4) is 0 Å². The number of hydrogen-bond acceptors (Lipinski definition) is 3. The van der Waals surface area contributed by atoms with Crippen LogP contribution in [0.2, 0.25) is 18.1 Å². The molecule has 33 heavy (non-hydrogen) atoms. The second kappa shape index (κ2) is 12.7. The van der Waals surface area contributed by atoms with Gasteiger partial charge in [0.15, 0.2) is 8.32 Å². The molecule has 0 heterocycles. The smallest absolute Gasteiger partial charge is 0.303 e. The molecule has 5 heteroatoms. The summed E-state index contributed by atoms with van der Waals surface area (Å²) in [6.07, 6.45) is 10.4. The Bertz CT molecular complexity index is 792. The highest BCUT2D eigenvalue weighted by Crippen LogP contribution is 2.39. The number of rotatable bonds is 14. The molecule has 1 aliphatic carbocycles. The van der Waals surface area contributed by atoms with Crippen molar-refractivity contribution in [2.45, 2.75) is 109 Å². The molecule has 1 unspecified atom stereocenters. The maximum Gasteiger partial charge on any atom is 0.303 e. The van der Waals surface area contributed by atoms with Crippen LogP contribution in [0.5, 0.6) is 0 Å². The minimum Gasteiger partial charge on any atom is -0.481 e. The van der Waals surface area contributed by atoms with E-state index in [-0.39, 0.29) is 23.5 Å². The van der Waals surface area contributed by atoms with Gasteiger partial charge >= 0.3 is 5.97 Å². The Morgan fingerprint density at radius 3 is 2.42 bits per heavy atom. The van der Waals surface area contributed by atoms with Gasteiger partial charge in [-0.2, -0.15) is 0 Å². The molecule has 0 radical (unpaired) electrons. The number of benzene rings is 1. The van der Waals surface area contributed by atoms with Crippen LogP contribution in [0.3, 0.4) is 0 Å². The number of hydrogen-bond donors (Lipinski definition) is 1. The zero-order valence-electron chi connectivity index (χ0n) is 21.4. The third-order valence-electron chi connectivity index (χ3n) is 7.36. The normalized spacial score (nSPS) is 17.8. The summed E-state index contributed by atoms with van der Waals surface area (Å²) in [6.45, 7) is 11.5. The van der Waals surface area contributed by atoms with Crippen molar-refractivity contribution in [2.75, 3.05) is 0 Å². The molecule has 184 valence electrons. The Morgan fingerprint density at radius 1 is 1.12 bits per heavy atom. The first kappa shape index (κ1) is 27.5. The number of ketones is 1. The highest BCUT2D eigenvalue weighted by atomic mass is 28.4. The molecule has 1 aromatic carbocycles. The fourth-order valence-electron chi connectivity index (χ4n) is 4.32. The number of allylic oxidation sites excluding steroid dienone is 2. The molecule has 1 aromatic rings. The zero-order chi connectivity index (χ0) is 24.5. The van der Waals surface area contributed by atoms with Crippen molar-refractivity contribution >= 4 is 20.1 Å². The average molecular weight is 473 g/mol. The molecule has 2 rings (SSSR count). The molecule has 4 nitrogen and oxygen atoms in total. The van der Waals surface area contributed by atoms with Crippen LogP contribution in [0.1, 0.15) is 84.1 Å². The van der Waals surface area contributed by atoms with Gasteiger partial charge < -0.3 is 9.53 Å². The molecular weight excluding hydrogens is 428 g/mol. The lowest BCUT2D eigenvalue weighted by Gasteiger charge is -2.39. The summed E-state index contributed by atoms with van der Waals surface area (Å²) >= 11 is 0. The first-order valence-electron chi connectivity index (χ1n) is 12.6. The van der Waals surface area contributed by atoms with Crippen molar-refractivity contribution in [3.05, 3.63) is 47.5 Å². The largest absolute Gasteiger partial charge is 0.481 e. The van der Waals surface area contributed by atoms with Gasteiger partial charge in [-0.25, -0.2) is 0 Å². The predicted octanol–water partition coefficient (Wildman–Crippen LogP) is 7.34. The monoisotopic (exact) mass is 472 g/mol. The molecule has 0 bridgehead atoms. The Morgan fingerprint density at radius 2 is 1.79 bits per heavy atom. The fourth-order valence-corrected chi connectivity index (χ4v) is 5.71. The quantitative estimate of drug-likeness (QED) is 0.175. The maximum absolute atomic E-state index is 12.5. The molecule has 2 atom stereocenters. The number of carbonyl (C=O) groups excluding carboxylic acids is 1. The number of unbranched alkanes of at least 4 members (excludes halogenated alkanes) is 3. The van der Waals surface area contributed by atoms with Crippen LogP contribution in [-0.4, -0.2) is 31.3 Å². The molecule has 1 aliphatic rings. The number of carboxylic acid groups (broad SMARTS) is 1. The second-order valence-corrected chi connectivity index (χ2v) is 15.8. The minimum atomic E-state index is -1.90. The molecule has 0 aromatic heterocycles. The van der Waals surface area contributed by atoms with Crippen LogP contribution in [-0.2, 0) is 20.4 Å². The molecule has 1 N–H and O–H groups in total. The van der Waals surface area contributed by atoms with Crippen LogP contribution in [0.15, 0.2) is 42.0 Å². The van der Waals surface area contributed by atoms with Gasteiger partial charge in [0.25, 0.3) is 0 Å². The van der Waals surface area contributed by atoms with Crippen molar-refractivity contribution in [2.24, 2.45) is 5.92 Å². The highest BCUT2D eigenvalue weighted by Gasteiger charge is 2.39. The van der Waals surface area contributed by atoms with Gasteiger partial charge in [-0.05, 0) is 55.8 Å². The van der Waals surface area contributed by atoms with E-state index in [9.17, 15) is 9.59 Å². The standard InChI is InChI=1S/C28H44O4Si/c1-28(2,3)33(4,5)32-24(21-22-13-9-8-10-14-22)19-17-23-18-20-26(29)25(23)15-11-6-7-12-16-27(30)31/h8-10,13-14,18,24-25H,6-7,11-12,15-17,19-21H2,1-5H3,(H,30,31)/t24?,25-/m1/s1. The van der Waals surface area contributed by atoms with E-state index in [1.54, 1.807) is 0 Å². The summed E-state index contributed by atoms with van der Waals surface area (Å²) in [4.78, 5) is 23.2. The Hall–Kier alpha value is -1.72. The fraction of sp³-hybridized carbons (Fsp3) is 0.643. The van der Waals surface area contributed by atoms with Crippen molar-refractivity contribution < 1.29 is 19.1 Å². The van der Waals surface area contributed by atoms with E-state index in [1.165, 1.54) is 11.1 Å². The SMILES string of the molecule is CC(C)(C)[Si](C)(C)OC(CCC1=CCC(=O)[C@@H]1CCCCCCC(=O)O)Cc1ccccc1. The number of carboxylic acids is 1. The molecule has 0 saturated heterocycles. The third-order valence-corrected chi connectivity index (χ3v) is 11.9. The number of carbonyl (C=O) groups is 2. The first-order valence-corrected chi connectivity index (χ1v) is 15.6. The lowest BCUT2D eigenvalue weighted by molar-refractivity contribution is -0.137. The van der Waals surface area contributed by atoms with Crippen LogP contribution < -0.4 is 0 Å². The van der Waals surface area contributed by atoms with E-state index in [0.29, 0.717) is 12.2 Å². The van der Waals surface area contributed by atoms with Crippen LogP contribution in [0, 0.1) is 5.92 Å². The zero-order valence-corrected chi connectivity index (χ0v) is 22.4. The second-order valence-electron chi connectivity index (χ2n) is 11.1. The van der Waals surface area contributed by atoms with E-state index < -0.39 is 14.3 Å². The first-order chi connectivity index (χ1) is 15.5. The van der Waals surface area contributed by atoms with Gasteiger partial charge in [0.2, 0.25) is 0 Å². The molecule has 0 amide bonds. The summed E-state index contributed by atoms with van der Waals surface area (Å²) in [5.74, 6) is -0.327. The van der Waals surface area contributed by atoms with E-state index in [1.807, 2.05) is 0 Å². The van der Waals surface area contributed by atoms with E-state index in [4.69, 9.17) is 9.53 Å². The van der Waals surface area contributed by atoms with Gasteiger partial charge in [0.1, 0.15) is 5.78 Å². The van der Waals surface area contributed by atoms with Gasteiger partial charge in [-0.3, -0.25) is 9.59 Å². The summed E-state index contributed by atoms with van der Waals surface area (Å²) in [7, 11) is -1.90. The molecule has 0 fully saturated rings. The summed E-state index contributed by atoms with van der Waals surface area (Å²) in [5.41, 5.74) is 2.60. The van der Waals surface area contributed by atoms with Crippen LogP contribution in [0.4, 0.5) is 0 Å². The van der Waals surface area contributed by atoms with Crippen molar-refractivity contribution in [1.82, 2.24) is 0 Å². The Labute approximate surface area is 201 Å².